The van der Waals surface area contributed by atoms with E-state index < -0.39 is 11.9 Å². The molecule has 0 saturated carbocycles. The molecule has 1 amide bonds. The zero-order valence-electron chi connectivity index (χ0n) is 19.7. The Morgan fingerprint density at radius 3 is 2.58 bits per heavy atom. The number of carbonyl (C=O) groups is 2. The second-order valence-corrected chi connectivity index (χ2v) is 9.43. The van der Waals surface area contributed by atoms with E-state index in [0.717, 1.165) is 53.4 Å². The number of nitrogens with zero attached hydrogens (tertiary/aromatic N) is 1. The maximum atomic E-state index is 13.1. The number of aryl methyl sites for hydroxylation is 1. The fourth-order valence-electron chi connectivity index (χ4n) is 4.27. The normalized spacial score (nSPS) is 13.3. The predicted molar refractivity (Wildman–Crippen MR) is 129 cm³/mol. The molecule has 0 aliphatic heterocycles. The topological polar surface area (TPSA) is 77.5 Å². The van der Waals surface area contributed by atoms with Gasteiger partial charge in [0.25, 0.3) is 5.91 Å². The zero-order chi connectivity index (χ0) is 23.6. The first kappa shape index (κ1) is 22.8. The number of nitrogens with one attached hydrogen (secondary N) is 1. The molecule has 0 atom stereocenters. The van der Waals surface area contributed by atoms with Crippen LogP contribution in [0.1, 0.15) is 60.8 Å². The van der Waals surface area contributed by atoms with Crippen molar-refractivity contribution in [2.24, 2.45) is 0 Å². The average molecular weight is 447 g/mol. The molecular weight excluding hydrogens is 416 g/mol. The Balaban J connectivity index is 1.54. The number of carbonyl (C=O) groups excluding carboxylic acids is 2. The van der Waals surface area contributed by atoms with Crippen molar-refractivity contribution in [3.63, 3.8) is 0 Å². The summed E-state index contributed by atoms with van der Waals surface area (Å²) < 4.78 is 10.9. The highest BCUT2D eigenvalue weighted by Gasteiger charge is 2.24. The van der Waals surface area contributed by atoms with Gasteiger partial charge >= 0.3 is 5.97 Å². The van der Waals surface area contributed by atoms with Crippen LogP contribution in [-0.2, 0) is 27.8 Å². The molecule has 0 radical (unpaired) electrons. The van der Waals surface area contributed by atoms with E-state index in [9.17, 15) is 9.59 Å². The van der Waals surface area contributed by atoms with Crippen LogP contribution in [0.4, 0.5) is 5.69 Å². The SMILES string of the molecule is COc1ccc(C(C)(C)C)cc1NC(=O)COC(=O)c1c2c(nc3ccccc13)CCCC2. The monoisotopic (exact) mass is 446 g/mol. The largest absolute Gasteiger partial charge is 0.495 e. The summed E-state index contributed by atoms with van der Waals surface area (Å²) in [6.45, 7) is 5.92. The first-order valence-corrected chi connectivity index (χ1v) is 11.3. The minimum atomic E-state index is -0.489. The number of pyridine rings is 1. The molecule has 6 heteroatoms. The Morgan fingerprint density at radius 1 is 1.06 bits per heavy atom. The van der Waals surface area contributed by atoms with Crippen molar-refractivity contribution in [1.82, 2.24) is 4.98 Å². The smallest absolute Gasteiger partial charge is 0.339 e. The van der Waals surface area contributed by atoms with Gasteiger partial charge in [-0.15, -0.1) is 0 Å². The van der Waals surface area contributed by atoms with Gasteiger partial charge in [-0.1, -0.05) is 45.0 Å². The zero-order valence-corrected chi connectivity index (χ0v) is 19.7. The molecule has 3 aromatic rings. The van der Waals surface area contributed by atoms with E-state index in [0.29, 0.717) is 17.0 Å². The third-order valence-electron chi connectivity index (χ3n) is 6.05. The summed E-state index contributed by atoms with van der Waals surface area (Å²) in [7, 11) is 1.56. The van der Waals surface area contributed by atoms with Crippen molar-refractivity contribution < 1.29 is 19.1 Å². The molecule has 1 aromatic heterocycles. The molecule has 0 unspecified atom stereocenters. The summed E-state index contributed by atoms with van der Waals surface area (Å²) in [5.41, 5.74) is 4.75. The lowest BCUT2D eigenvalue weighted by Gasteiger charge is -2.21. The molecule has 1 heterocycles. The number of methoxy groups -OCH3 is 1. The van der Waals surface area contributed by atoms with Gasteiger partial charge in [0, 0.05) is 11.1 Å². The molecular formula is C27H30N2O4. The summed E-state index contributed by atoms with van der Waals surface area (Å²) in [5, 5.41) is 3.59. The molecule has 4 rings (SSSR count). The number of ether oxygens (including phenoxy) is 2. The molecule has 1 aliphatic carbocycles. The molecule has 172 valence electrons. The van der Waals surface area contributed by atoms with Gasteiger partial charge in [-0.2, -0.15) is 0 Å². The Morgan fingerprint density at radius 2 is 1.82 bits per heavy atom. The quantitative estimate of drug-likeness (QED) is 0.544. The number of fused-ring (bicyclic) bond motifs is 2. The van der Waals surface area contributed by atoms with Crippen molar-refractivity contribution in [1.29, 1.82) is 0 Å². The summed E-state index contributed by atoms with van der Waals surface area (Å²) in [4.78, 5) is 30.6. The van der Waals surface area contributed by atoms with E-state index in [1.165, 1.54) is 0 Å². The van der Waals surface area contributed by atoms with Gasteiger partial charge in [-0.25, -0.2) is 4.79 Å². The van der Waals surface area contributed by atoms with E-state index in [-0.39, 0.29) is 12.0 Å². The Bertz CT molecular complexity index is 1210. The molecule has 0 saturated heterocycles. The fraction of sp³-hybridized carbons (Fsp3) is 0.370. The molecule has 33 heavy (non-hydrogen) atoms. The van der Waals surface area contributed by atoms with Gasteiger partial charge < -0.3 is 14.8 Å². The lowest BCUT2D eigenvalue weighted by atomic mass is 9.87. The third-order valence-corrected chi connectivity index (χ3v) is 6.05. The van der Waals surface area contributed by atoms with E-state index in [1.54, 1.807) is 7.11 Å². The van der Waals surface area contributed by atoms with Gasteiger partial charge in [0.1, 0.15) is 5.75 Å². The van der Waals surface area contributed by atoms with Crippen LogP contribution in [0.15, 0.2) is 42.5 Å². The lowest BCUT2D eigenvalue weighted by molar-refractivity contribution is -0.119. The lowest BCUT2D eigenvalue weighted by Crippen LogP contribution is -2.23. The Hall–Kier alpha value is -3.41. The van der Waals surface area contributed by atoms with Crippen LogP contribution in [0.2, 0.25) is 0 Å². The number of esters is 1. The van der Waals surface area contributed by atoms with Gasteiger partial charge in [0.15, 0.2) is 6.61 Å². The Kier molecular flexibility index (Phi) is 6.36. The first-order chi connectivity index (χ1) is 15.8. The average Bonchev–Trinajstić information content (AvgIpc) is 2.80. The maximum absolute atomic E-state index is 13.1. The van der Waals surface area contributed by atoms with Crippen molar-refractivity contribution >= 4 is 28.5 Å². The van der Waals surface area contributed by atoms with Crippen molar-refractivity contribution in [3.8, 4) is 5.75 Å². The van der Waals surface area contributed by atoms with Crippen LogP contribution >= 0.6 is 0 Å². The Labute approximate surface area is 194 Å². The third kappa shape index (κ3) is 4.85. The van der Waals surface area contributed by atoms with E-state index in [4.69, 9.17) is 14.5 Å². The van der Waals surface area contributed by atoms with Crippen molar-refractivity contribution in [3.05, 3.63) is 64.8 Å². The highest BCUT2D eigenvalue weighted by Crippen LogP contribution is 2.32. The maximum Gasteiger partial charge on any atom is 0.339 e. The van der Waals surface area contributed by atoms with Crippen LogP contribution in [0, 0.1) is 0 Å². The van der Waals surface area contributed by atoms with Crippen LogP contribution in [-0.4, -0.2) is 30.6 Å². The molecule has 2 aromatic carbocycles. The van der Waals surface area contributed by atoms with Crippen LogP contribution in [0.5, 0.6) is 5.75 Å². The van der Waals surface area contributed by atoms with Crippen molar-refractivity contribution in [2.75, 3.05) is 19.0 Å². The van der Waals surface area contributed by atoms with Crippen LogP contribution < -0.4 is 10.1 Å². The predicted octanol–water partition coefficient (Wildman–Crippen LogP) is 5.22. The van der Waals surface area contributed by atoms with Gasteiger partial charge in [0.05, 0.1) is 23.9 Å². The number of hydrogen-bond donors (Lipinski definition) is 1. The molecule has 0 fully saturated rings. The molecule has 6 nitrogen and oxygen atoms in total. The van der Waals surface area contributed by atoms with E-state index in [2.05, 4.69) is 26.1 Å². The number of amides is 1. The number of para-hydroxylation sites is 1. The number of rotatable bonds is 5. The fourth-order valence-corrected chi connectivity index (χ4v) is 4.27. The van der Waals surface area contributed by atoms with E-state index >= 15 is 0 Å². The highest BCUT2D eigenvalue weighted by molar-refractivity contribution is 6.06. The molecule has 1 N–H and O–H groups in total. The molecule has 1 aliphatic rings. The number of hydrogen-bond acceptors (Lipinski definition) is 5. The van der Waals surface area contributed by atoms with Crippen LogP contribution in [0.25, 0.3) is 10.9 Å². The summed E-state index contributed by atoms with van der Waals surface area (Å²) in [6, 6.07) is 13.3. The van der Waals surface area contributed by atoms with E-state index in [1.807, 2.05) is 42.5 Å². The number of anilines is 1. The van der Waals surface area contributed by atoms with Gasteiger partial charge in [-0.05, 0) is 60.4 Å². The summed E-state index contributed by atoms with van der Waals surface area (Å²) in [6.07, 6.45) is 3.72. The highest BCUT2D eigenvalue weighted by atomic mass is 16.5. The first-order valence-electron chi connectivity index (χ1n) is 11.3. The second-order valence-electron chi connectivity index (χ2n) is 9.43. The summed E-state index contributed by atoms with van der Waals surface area (Å²) >= 11 is 0. The van der Waals surface area contributed by atoms with Gasteiger partial charge in [0.2, 0.25) is 0 Å². The second kappa shape index (κ2) is 9.22. The minimum absolute atomic E-state index is 0.0836. The minimum Gasteiger partial charge on any atom is -0.495 e. The van der Waals surface area contributed by atoms with Crippen LogP contribution in [0.3, 0.4) is 0 Å². The van der Waals surface area contributed by atoms with Gasteiger partial charge in [-0.3, -0.25) is 9.78 Å². The van der Waals surface area contributed by atoms with Crippen molar-refractivity contribution in [2.45, 2.75) is 51.9 Å². The summed E-state index contributed by atoms with van der Waals surface area (Å²) in [5.74, 6) is -0.353. The number of aromatic nitrogens is 1. The standard InChI is InChI=1S/C27H30N2O4/c1-27(2,3)17-13-14-23(32-4)22(15-17)29-24(30)16-33-26(31)25-18-9-5-7-11-20(18)28-21-12-8-6-10-19(21)25/h5,7,9,11,13-15H,6,8,10,12,16H2,1-4H3,(H,29,30). The molecule has 0 bridgehead atoms. The number of benzene rings is 2. The molecule has 0 spiro atoms.